The zero-order chi connectivity index (χ0) is 20.9. The molecule has 3 aromatic rings. The van der Waals surface area contributed by atoms with Crippen molar-refractivity contribution in [2.24, 2.45) is 7.05 Å². The van der Waals surface area contributed by atoms with E-state index in [1.807, 2.05) is 22.6 Å². The third-order valence-corrected chi connectivity index (χ3v) is 5.17. The lowest BCUT2D eigenvalue weighted by Gasteiger charge is -2.31. The van der Waals surface area contributed by atoms with E-state index in [1.165, 1.54) is 12.1 Å². The van der Waals surface area contributed by atoms with Gasteiger partial charge in [-0.15, -0.1) is 10.2 Å². The van der Waals surface area contributed by atoms with Crippen LogP contribution in [0.4, 0.5) is 9.18 Å². The Hall–Kier alpha value is -3.49. The number of benzene rings is 1. The Kier molecular flexibility index (Phi) is 5.87. The molecule has 0 bridgehead atoms. The van der Waals surface area contributed by atoms with Crippen molar-refractivity contribution in [2.75, 3.05) is 13.1 Å². The van der Waals surface area contributed by atoms with Crippen LogP contribution in [0.5, 0.6) is 11.6 Å². The third kappa shape index (κ3) is 4.73. The van der Waals surface area contributed by atoms with Crippen molar-refractivity contribution >= 4 is 6.03 Å². The van der Waals surface area contributed by atoms with E-state index in [4.69, 9.17) is 4.74 Å². The Balaban J connectivity index is 1.24. The molecule has 8 nitrogen and oxygen atoms in total. The molecule has 3 heterocycles. The standard InChI is InChI=1S/C21H23FN6O2/c1-27-14-25-26-20(27)16-8-10-28(11-9-16)21(29)24-13-15-2-7-19(23-12-15)30-18-5-3-17(22)4-6-18/h2-7,12,14,16H,8-11,13H2,1H3,(H,24,29). The number of hydrogen-bond acceptors (Lipinski definition) is 5. The smallest absolute Gasteiger partial charge is 0.317 e. The minimum absolute atomic E-state index is 0.0851. The molecule has 1 aliphatic rings. The molecule has 1 N–H and O–H groups in total. The van der Waals surface area contributed by atoms with Crippen molar-refractivity contribution in [1.82, 2.24) is 30.0 Å². The lowest BCUT2D eigenvalue weighted by Crippen LogP contribution is -2.44. The average molecular weight is 410 g/mol. The quantitative estimate of drug-likeness (QED) is 0.698. The lowest BCUT2D eigenvalue weighted by molar-refractivity contribution is 0.179. The maximum atomic E-state index is 12.9. The van der Waals surface area contributed by atoms with Gasteiger partial charge in [0, 0.05) is 44.9 Å². The molecule has 0 radical (unpaired) electrons. The number of halogens is 1. The predicted molar refractivity (Wildman–Crippen MR) is 107 cm³/mol. The van der Waals surface area contributed by atoms with Gasteiger partial charge >= 0.3 is 6.03 Å². The number of aryl methyl sites for hydroxylation is 1. The number of aromatic nitrogens is 4. The molecule has 0 unspecified atom stereocenters. The number of hydrogen-bond donors (Lipinski definition) is 1. The van der Waals surface area contributed by atoms with Crippen LogP contribution in [0.1, 0.15) is 30.1 Å². The fourth-order valence-electron chi connectivity index (χ4n) is 3.49. The van der Waals surface area contributed by atoms with Crippen molar-refractivity contribution in [3.8, 4) is 11.6 Å². The fraction of sp³-hybridized carbons (Fsp3) is 0.333. The van der Waals surface area contributed by atoms with Crippen LogP contribution in [0, 0.1) is 5.82 Å². The molecule has 0 aliphatic carbocycles. The molecule has 2 amide bonds. The van der Waals surface area contributed by atoms with Crippen LogP contribution in [-0.4, -0.2) is 43.8 Å². The van der Waals surface area contributed by atoms with E-state index in [9.17, 15) is 9.18 Å². The van der Waals surface area contributed by atoms with Gasteiger partial charge in [0.1, 0.15) is 23.7 Å². The van der Waals surface area contributed by atoms with Crippen LogP contribution < -0.4 is 10.1 Å². The molecule has 30 heavy (non-hydrogen) atoms. The van der Waals surface area contributed by atoms with Gasteiger partial charge < -0.3 is 19.5 Å². The molecule has 1 aliphatic heterocycles. The second kappa shape index (κ2) is 8.89. The van der Waals surface area contributed by atoms with E-state index in [1.54, 1.807) is 30.7 Å². The van der Waals surface area contributed by atoms with Crippen LogP contribution in [0.15, 0.2) is 48.9 Å². The van der Waals surface area contributed by atoms with Gasteiger partial charge in [0.25, 0.3) is 0 Å². The van der Waals surface area contributed by atoms with Crippen LogP contribution >= 0.6 is 0 Å². The first-order chi connectivity index (χ1) is 14.6. The molecule has 0 atom stereocenters. The highest BCUT2D eigenvalue weighted by Gasteiger charge is 2.26. The predicted octanol–water partition coefficient (Wildman–Crippen LogP) is 3.23. The number of pyridine rings is 1. The van der Waals surface area contributed by atoms with E-state index in [0.29, 0.717) is 37.2 Å². The summed E-state index contributed by atoms with van der Waals surface area (Å²) in [7, 11) is 1.94. The second-order valence-electron chi connectivity index (χ2n) is 7.28. The van der Waals surface area contributed by atoms with Gasteiger partial charge in [-0.05, 0) is 42.7 Å². The summed E-state index contributed by atoms with van der Waals surface area (Å²) in [5, 5.41) is 11.1. The number of amides is 2. The van der Waals surface area contributed by atoms with Crippen LogP contribution in [-0.2, 0) is 13.6 Å². The summed E-state index contributed by atoms with van der Waals surface area (Å²) in [6.45, 7) is 1.75. The number of likely N-dealkylation sites (tertiary alicyclic amines) is 1. The SMILES string of the molecule is Cn1cnnc1C1CCN(C(=O)NCc2ccc(Oc3ccc(F)cc3)nc2)CC1. The van der Waals surface area contributed by atoms with Gasteiger partial charge in [-0.1, -0.05) is 6.07 Å². The molecule has 9 heteroatoms. The molecule has 0 spiro atoms. The van der Waals surface area contributed by atoms with Crippen molar-refractivity contribution < 1.29 is 13.9 Å². The Morgan fingerprint density at radius 2 is 1.97 bits per heavy atom. The molecule has 2 aromatic heterocycles. The monoisotopic (exact) mass is 410 g/mol. The molecule has 1 saturated heterocycles. The highest BCUT2D eigenvalue weighted by molar-refractivity contribution is 5.74. The Morgan fingerprint density at radius 1 is 1.20 bits per heavy atom. The van der Waals surface area contributed by atoms with Crippen LogP contribution in [0.25, 0.3) is 0 Å². The first-order valence-corrected chi connectivity index (χ1v) is 9.83. The minimum atomic E-state index is -0.320. The number of carbonyl (C=O) groups excluding carboxylic acids is 1. The summed E-state index contributed by atoms with van der Waals surface area (Å²) in [5.41, 5.74) is 0.865. The number of rotatable bonds is 5. The van der Waals surface area contributed by atoms with Crippen LogP contribution in [0.2, 0.25) is 0 Å². The van der Waals surface area contributed by atoms with E-state index in [0.717, 1.165) is 24.2 Å². The van der Waals surface area contributed by atoms with Crippen LogP contribution in [0.3, 0.4) is 0 Å². The molecular formula is C21H23FN6O2. The van der Waals surface area contributed by atoms with Crippen molar-refractivity contribution in [2.45, 2.75) is 25.3 Å². The fourth-order valence-corrected chi connectivity index (χ4v) is 3.49. The average Bonchev–Trinajstić information content (AvgIpc) is 3.20. The first-order valence-electron chi connectivity index (χ1n) is 9.83. The van der Waals surface area contributed by atoms with E-state index >= 15 is 0 Å². The molecule has 156 valence electrons. The Morgan fingerprint density at radius 3 is 2.60 bits per heavy atom. The number of urea groups is 1. The molecule has 0 saturated carbocycles. The maximum absolute atomic E-state index is 12.9. The number of nitrogens with one attached hydrogen (secondary N) is 1. The first kappa shape index (κ1) is 19.8. The summed E-state index contributed by atoms with van der Waals surface area (Å²) in [4.78, 5) is 18.5. The summed E-state index contributed by atoms with van der Waals surface area (Å²) < 4.78 is 20.5. The zero-order valence-corrected chi connectivity index (χ0v) is 16.7. The number of piperidine rings is 1. The topological polar surface area (TPSA) is 85.2 Å². The maximum Gasteiger partial charge on any atom is 0.317 e. The number of ether oxygens (including phenoxy) is 1. The van der Waals surface area contributed by atoms with E-state index < -0.39 is 0 Å². The normalized spacial score (nSPS) is 14.5. The summed E-state index contributed by atoms with van der Waals surface area (Å²) >= 11 is 0. The summed E-state index contributed by atoms with van der Waals surface area (Å²) in [6.07, 6.45) is 5.10. The van der Waals surface area contributed by atoms with Gasteiger partial charge in [-0.2, -0.15) is 0 Å². The van der Waals surface area contributed by atoms with Crippen molar-refractivity contribution in [1.29, 1.82) is 0 Å². The zero-order valence-electron chi connectivity index (χ0n) is 16.7. The van der Waals surface area contributed by atoms with E-state index in [-0.39, 0.29) is 11.8 Å². The molecule has 1 fully saturated rings. The van der Waals surface area contributed by atoms with Gasteiger partial charge in [-0.3, -0.25) is 0 Å². The summed E-state index contributed by atoms with van der Waals surface area (Å²) in [6, 6.07) is 9.21. The molecule has 4 rings (SSSR count). The number of nitrogens with zero attached hydrogens (tertiary/aromatic N) is 5. The molecule has 1 aromatic carbocycles. The van der Waals surface area contributed by atoms with Gasteiger partial charge in [0.2, 0.25) is 5.88 Å². The van der Waals surface area contributed by atoms with E-state index in [2.05, 4.69) is 20.5 Å². The van der Waals surface area contributed by atoms with Gasteiger partial charge in [0.05, 0.1) is 0 Å². The van der Waals surface area contributed by atoms with Crippen molar-refractivity contribution in [3.05, 3.63) is 66.1 Å². The number of carbonyl (C=O) groups is 1. The molecular weight excluding hydrogens is 387 g/mol. The largest absolute Gasteiger partial charge is 0.439 e. The highest BCUT2D eigenvalue weighted by Crippen LogP contribution is 2.26. The van der Waals surface area contributed by atoms with Gasteiger partial charge in [0.15, 0.2) is 0 Å². The lowest BCUT2D eigenvalue weighted by atomic mass is 9.96. The third-order valence-electron chi connectivity index (χ3n) is 5.17. The van der Waals surface area contributed by atoms with Gasteiger partial charge in [-0.25, -0.2) is 14.2 Å². The summed E-state index contributed by atoms with van der Waals surface area (Å²) in [5.74, 6) is 1.90. The second-order valence-corrected chi connectivity index (χ2v) is 7.28. The Labute approximate surface area is 173 Å². The minimum Gasteiger partial charge on any atom is -0.439 e. The highest BCUT2D eigenvalue weighted by atomic mass is 19.1. The Bertz CT molecular complexity index is 981. The van der Waals surface area contributed by atoms with Crippen molar-refractivity contribution in [3.63, 3.8) is 0 Å².